The Hall–Kier alpha value is -0.420. The number of hydrogen-bond donors (Lipinski definition) is 1. The minimum absolute atomic E-state index is 0.149. The zero-order valence-electron chi connectivity index (χ0n) is 7.12. The molecule has 0 fully saturated rings. The van der Waals surface area contributed by atoms with E-state index >= 15 is 0 Å². The molecule has 0 aliphatic carbocycles. The lowest BCUT2D eigenvalue weighted by Crippen LogP contribution is -2.13. The van der Waals surface area contributed by atoms with Crippen LogP contribution >= 0.6 is 15.9 Å². The Labute approximate surface area is 79.6 Å². The largest absolute Gasteiger partial charge is 0.337 e. The van der Waals surface area contributed by atoms with Gasteiger partial charge in [-0.2, -0.15) is 4.98 Å². The van der Waals surface area contributed by atoms with Crippen molar-refractivity contribution in [2.75, 3.05) is 0 Å². The molecule has 0 saturated carbocycles. The van der Waals surface area contributed by atoms with Crippen LogP contribution in [0.1, 0.15) is 32.2 Å². The van der Waals surface area contributed by atoms with Crippen LogP contribution in [0.15, 0.2) is 9.26 Å². The average Bonchev–Trinajstić information content (AvgIpc) is 2.34. The fraction of sp³-hybridized carbons (Fsp3) is 0.714. The Bertz CT molecular complexity index is 249. The molecule has 1 rings (SSSR count). The van der Waals surface area contributed by atoms with E-state index in [9.17, 15) is 0 Å². The van der Waals surface area contributed by atoms with Crippen LogP contribution in [0, 0.1) is 5.92 Å². The molecule has 1 atom stereocenters. The van der Waals surface area contributed by atoms with Crippen LogP contribution in [-0.2, 0) is 0 Å². The third-order valence-electron chi connectivity index (χ3n) is 1.46. The van der Waals surface area contributed by atoms with Crippen LogP contribution in [0.2, 0.25) is 0 Å². The molecule has 1 aromatic rings. The molecule has 0 spiro atoms. The van der Waals surface area contributed by atoms with Crippen LogP contribution in [0.4, 0.5) is 0 Å². The van der Waals surface area contributed by atoms with Crippen molar-refractivity contribution in [3.63, 3.8) is 0 Å². The first kappa shape index (κ1) is 9.67. The number of rotatable bonds is 3. The summed E-state index contributed by atoms with van der Waals surface area (Å²) in [5.41, 5.74) is 5.79. The minimum atomic E-state index is -0.149. The molecule has 0 aliphatic heterocycles. The molecule has 0 aliphatic rings. The Balaban J connectivity index is 2.58. The molecule has 0 radical (unpaired) electrons. The fourth-order valence-electron chi connectivity index (χ4n) is 0.975. The van der Waals surface area contributed by atoms with Crippen molar-refractivity contribution < 1.29 is 4.52 Å². The van der Waals surface area contributed by atoms with Gasteiger partial charge in [-0.15, -0.1) is 0 Å². The summed E-state index contributed by atoms with van der Waals surface area (Å²) in [4.78, 5) is 3.98. The molecule has 2 N–H and O–H groups in total. The van der Waals surface area contributed by atoms with E-state index in [1.54, 1.807) is 0 Å². The molecule has 0 aromatic carbocycles. The van der Waals surface area contributed by atoms with E-state index in [0.717, 1.165) is 6.42 Å². The van der Waals surface area contributed by atoms with Gasteiger partial charge in [0.05, 0.1) is 6.04 Å². The van der Waals surface area contributed by atoms with Crippen LogP contribution in [-0.4, -0.2) is 10.1 Å². The minimum Gasteiger partial charge on any atom is -0.337 e. The van der Waals surface area contributed by atoms with Crippen LogP contribution in [0.3, 0.4) is 0 Å². The van der Waals surface area contributed by atoms with Crippen molar-refractivity contribution in [2.24, 2.45) is 11.7 Å². The van der Waals surface area contributed by atoms with Gasteiger partial charge in [0, 0.05) is 0 Å². The lowest BCUT2D eigenvalue weighted by Gasteiger charge is -2.08. The zero-order chi connectivity index (χ0) is 9.14. The second kappa shape index (κ2) is 4.00. The molecule has 0 bridgehead atoms. The Morgan fingerprint density at radius 2 is 2.25 bits per heavy atom. The van der Waals surface area contributed by atoms with Gasteiger partial charge in [-0.05, 0) is 33.4 Å². The van der Waals surface area contributed by atoms with E-state index < -0.39 is 0 Å². The molecular weight excluding hydrogens is 222 g/mol. The maximum atomic E-state index is 5.79. The fourth-order valence-corrected chi connectivity index (χ4v) is 1.22. The first-order valence-corrected chi connectivity index (χ1v) is 4.63. The summed E-state index contributed by atoms with van der Waals surface area (Å²) >= 11 is 3.10. The van der Waals surface area contributed by atoms with E-state index in [4.69, 9.17) is 10.3 Å². The summed E-state index contributed by atoms with van der Waals surface area (Å²) in [6, 6.07) is -0.149. The molecule has 5 heteroatoms. The molecule has 0 saturated heterocycles. The number of nitrogens with zero attached hydrogens (tertiary/aromatic N) is 2. The van der Waals surface area contributed by atoms with Gasteiger partial charge in [0.25, 0.3) is 0 Å². The monoisotopic (exact) mass is 233 g/mol. The highest BCUT2D eigenvalue weighted by atomic mass is 79.9. The Kier molecular flexibility index (Phi) is 3.22. The van der Waals surface area contributed by atoms with E-state index in [-0.39, 0.29) is 6.04 Å². The molecular formula is C7H12BrN3O. The highest BCUT2D eigenvalue weighted by molar-refractivity contribution is 9.10. The van der Waals surface area contributed by atoms with Gasteiger partial charge in [0.2, 0.25) is 10.6 Å². The summed E-state index contributed by atoms with van der Waals surface area (Å²) in [7, 11) is 0. The highest BCUT2D eigenvalue weighted by Gasteiger charge is 2.14. The first-order valence-electron chi connectivity index (χ1n) is 3.84. The molecule has 1 heterocycles. The second-order valence-corrected chi connectivity index (χ2v) is 3.85. The summed E-state index contributed by atoms with van der Waals surface area (Å²) in [5.74, 6) is 1.03. The van der Waals surface area contributed by atoms with Crippen molar-refractivity contribution in [3.05, 3.63) is 10.6 Å². The summed E-state index contributed by atoms with van der Waals surface area (Å²) in [5, 5.41) is 3.60. The summed E-state index contributed by atoms with van der Waals surface area (Å²) in [6.07, 6.45) is 0.856. The van der Waals surface area contributed by atoms with E-state index in [1.807, 2.05) is 0 Å². The predicted molar refractivity (Wildman–Crippen MR) is 48.4 cm³/mol. The topological polar surface area (TPSA) is 64.9 Å². The maximum absolute atomic E-state index is 5.79. The summed E-state index contributed by atoms with van der Waals surface area (Å²) < 4.78 is 5.35. The van der Waals surface area contributed by atoms with Crippen molar-refractivity contribution >= 4 is 15.9 Å². The maximum Gasteiger partial charge on any atom is 0.244 e. The van der Waals surface area contributed by atoms with E-state index in [1.165, 1.54) is 0 Å². The summed E-state index contributed by atoms with van der Waals surface area (Å²) in [6.45, 7) is 4.20. The van der Waals surface area contributed by atoms with Gasteiger partial charge >= 0.3 is 0 Å². The van der Waals surface area contributed by atoms with Crippen LogP contribution in [0.25, 0.3) is 0 Å². The van der Waals surface area contributed by atoms with Gasteiger partial charge in [-0.1, -0.05) is 13.8 Å². The molecule has 1 aromatic heterocycles. The van der Waals surface area contributed by atoms with Gasteiger partial charge in [0.15, 0.2) is 0 Å². The Morgan fingerprint density at radius 1 is 1.58 bits per heavy atom. The number of hydrogen-bond acceptors (Lipinski definition) is 4. The first-order chi connectivity index (χ1) is 5.59. The third kappa shape index (κ3) is 2.57. The molecule has 68 valence electrons. The third-order valence-corrected chi connectivity index (χ3v) is 1.78. The van der Waals surface area contributed by atoms with Crippen LogP contribution in [0.5, 0.6) is 0 Å². The number of halogens is 1. The van der Waals surface area contributed by atoms with Crippen molar-refractivity contribution in [3.8, 4) is 0 Å². The van der Waals surface area contributed by atoms with Crippen LogP contribution < -0.4 is 5.73 Å². The Morgan fingerprint density at radius 3 is 2.67 bits per heavy atom. The van der Waals surface area contributed by atoms with Crippen molar-refractivity contribution in [1.29, 1.82) is 0 Å². The molecule has 0 amide bonds. The lowest BCUT2D eigenvalue weighted by molar-refractivity contribution is 0.333. The predicted octanol–water partition coefficient (Wildman–Crippen LogP) is 1.88. The quantitative estimate of drug-likeness (QED) is 0.867. The molecule has 1 unspecified atom stereocenters. The van der Waals surface area contributed by atoms with E-state index in [0.29, 0.717) is 16.5 Å². The smallest absolute Gasteiger partial charge is 0.244 e. The van der Waals surface area contributed by atoms with Gasteiger partial charge in [-0.25, -0.2) is 0 Å². The second-order valence-electron chi connectivity index (χ2n) is 3.14. The van der Waals surface area contributed by atoms with Gasteiger partial charge < -0.3 is 10.3 Å². The zero-order valence-corrected chi connectivity index (χ0v) is 8.71. The van der Waals surface area contributed by atoms with Crippen molar-refractivity contribution in [2.45, 2.75) is 26.3 Å². The van der Waals surface area contributed by atoms with Crippen molar-refractivity contribution in [1.82, 2.24) is 10.1 Å². The average molecular weight is 234 g/mol. The van der Waals surface area contributed by atoms with E-state index in [2.05, 4.69) is 39.9 Å². The SMILES string of the molecule is CC(C)CC(N)c1nc(Br)no1. The number of aromatic nitrogens is 2. The molecule has 12 heavy (non-hydrogen) atoms. The lowest BCUT2D eigenvalue weighted by atomic mass is 10.0. The normalized spacial score (nSPS) is 13.8. The molecule has 4 nitrogen and oxygen atoms in total. The number of nitrogens with two attached hydrogens (primary N) is 1. The highest BCUT2D eigenvalue weighted by Crippen LogP contribution is 2.17. The van der Waals surface area contributed by atoms with Gasteiger partial charge in [-0.3, -0.25) is 0 Å². The van der Waals surface area contributed by atoms with Gasteiger partial charge in [0.1, 0.15) is 0 Å². The standard InChI is InChI=1S/C7H12BrN3O/c1-4(2)3-5(9)6-10-7(8)11-12-6/h4-5H,3,9H2,1-2H3.